The van der Waals surface area contributed by atoms with E-state index >= 15 is 0 Å². The minimum atomic E-state index is -4.67. The summed E-state index contributed by atoms with van der Waals surface area (Å²) in [6.07, 6.45) is -4.92. The minimum absolute atomic E-state index is 0.0986. The van der Waals surface area contributed by atoms with Crippen LogP contribution in [0.25, 0.3) is 0 Å². The lowest BCUT2D eigenvalue weighted by molar-refractivity contribution is -0.265. The Morgan fingerprint density at radius 2 is 1.43 bits per heavy atom. The molecule has 2 aliphatic rings. The number of likely N-dealkylation sites (N-methyl/N-ethyl adjacent to an activating group) is 1. The van der Waals surface area contributed by atoms with Gasteiger partial charge in [-0.05, 0) is 19.8 Å². The van der Waals surface area contributed by atoms with Crippen LogP contribution in [0.1, 0.15) is 19.8 Å². The van der Waals surface area contributed by atoms with Gasteiger partial charge in [0.1, 0.15) is 18.3 Å². The second kappa shape index (κ2) is 16.2. The number of sulfonamides is 1. The molecule has 10 unspecified atom stereocenters. The first-order valence-electron chi connectivity index (χ1n) is 11.5. The fraction of sp³-hybridized carbons (Fsp3) is 1.00. The number of ether oxygens (including phenoxy) is 3. The topological polar surface area (TPSA) is 359 Å². The Labute approximate surface area is 233 Å². The van der Waals surface area contributed by atoms with E-state index in [-0.39, 0.29) is 24.4 Å². The highest BCUT2D eigenvalue weighted by molar-refractivity contribution is 7.89. The van der Waals surface area contributed by atoms with E-state index in [1.165, 1.54) is 14.2 Å². The number of nitrogens with zero attached hydrogens (tertiary/aromatic N) is 1. The Morgan fingerprint density at radius 3 is 1.82 bits per heavy atom. The first-order valence-corrected chi connectivity index (χ1v) is 15.9. The van der Waals surface area contributed by atoms with Crippen molar-refractivity contribution in [1.29, 1.82) is 0 Å². The highest BCUT2D eigenvalue weighted by Gasteiger charge is 2.54. The summed E-state index contributed by atoms with van der Waals surface area (Å²) >= 11 is 0. The largest absolute Gasteiger partial charge is 0.394 e. The van der Waals surface area contributed by atoms with Gasteiger partial charge in [0, 0.05) is 26.7 Å². The van der Waals surface area contributed by atoms with Crippen molar-refractivity contribution in [1.82, 2.24) is 4.31 Å². The fourth-order valence-electron chi connectivity index (χ4n) is 4.09. The molecule has 1 heterocycles. The molecule has 1 saturated carbocycles. The van der Waals surface area contributed by atoms with E-state index in [0.29, 0.717) is 12.8 Å². The number of hydrogen-bond acceptors (Lipinski definition) is 15. The van der Waals surface area contributed by atoms with Crippen LogP contribution in [0.4, 0.5) is 0 Å². The number of aliphatic hydroxyl groups excluding tert-OH is 2. The summed E-state index contributed by atoms with van der Waals surface area (Å²) in [5, 5.41) is 21.8. The molecule has 23 heteroatoms. The second-order valence-corrected chi connectivity index (χ2v) is 12.9. The molecule has 1 aliphatic carbocycles. The van der Waals surface area contributed by atoms with Gasteiger partial charge < -0.3 is 47.4 Å². The summed E-state index contributed by atoms with van der Waals surface area (Å²) in [7, 11) is -10.6. The number of hydrogen-bond donors (Lipinski definition) is 10. The maximum atomic E-state index is 12.6. The Kier molecular flexibility index (Phi) is 15.9. The first-order chi connectivity index (χ1) is 18.0. The Balaban J connectivity index is 0.00000130. The summed E-state index contributed by atoms with van der Waals surface area (Å²) in [5.74, 6) is -0.330. The average molecular weight is 652 g/mol. The van der Waals surface area contributed by atoms with Crippen molar-refractivity contribution in [3.8, 4) is 0 Å². The molecule has 0 aromatic heterocycles. The van der Waals surface area contributed by atoms with Gasteiger partial charge in [-0.2, -0.15) is 21.1 Å². The van der Waals surface area contributed by atoms with Crippen LogP contribution in [0, 0.1) is 0 Å². The van der Waals surface area contributed by atoms with Crippen molar-refractivity contribution in [3.63, 3.8) is 0 Å². The van der Waals surface area contributed by atoms with Crippen LogP contribution in [-0.2, 0) is 45.0 Å². The zero-order chi connectivity index (χ0) is 31.8. The van der Waals surface area contributed by atoms with E-state index in [4.69, 9.17) is 72.2 Å². The smallest absolute Gasteiger partial charge is 0.389 e. The molecular weight excluding hydrogens is 610 g/mol. The van der Waals surface area contributed by atoms with Gasteiger partial charge in [-0.25, -0.2) is 8.42 Å². The Hall–Kier alpha value is -0.710. The van der Waals surface area contributed by atoms with Crippen LogP contribution in [0.2, 0.25) is 0 Å². The minimum Gasteiger partial charge on any atom is -0.389 e. The number of nitrogens with two attached hydrogens (primary N) is 4. The summed E-state index contributed by atoms with van der Waals surface area (Å²) in [6.45, 7) is 1.71. The zero-order valence-corrected chi connectivity index (χ0v) is 24.4. The third kappa shape index (κ3) is 13.5. The standard InChI is InChI=1S/C17H37N5O7S.2H2O4S/c1-8(19)10-5-4-9(20)17(28-10)29-15-11(21)13(23)16(27-3)12(14(15)24)22(2)30(25,26)7-6-18;2*1-5(2,3)4/h8-17,23-24H,4-7,18-21H2,1-3H3;2*(H2,1,2,3,4). The second-order valence-electron chi connectivity index (χ2n) is 9.01. The Morgan fingerprint density at radius 1 is 0.950 bits per heavy atom. The van der Waals surface area contributed by atoms with Crippen molar-refractivity contribution < 1.29 is 67.9 Å². The van der Waals surface area contributed by atoms with Crippen molar-refractivity contribution >= 4 is 30.8 Å². The molecule has 20 nitrogen and oxygen atoms in total. The van der Waals surface area contributed by atoms with Gasteiger partial charge in [0.05, 0.1) is 36.1 Å². The normalized spacial score (nSPS) is 34.2. The highest BCUT2D eigenvalue weighted by Crippen LogP contribution is 2.31. The lowest BCUT2D eigenvalue weighted by Crippen LogP contribution is -2.72. The van der Waals surface area contributed by atoms with E-state index in [0.717, 1.165) is 4.31 Å². The number of methoxy groups -OCH3 is 1. The molecule has 242 valence electrons. The monoisotopic (exact) mass is 651 g/mol. The predicted octanol–water partition coefficient (Wildman–Crippen LogP) is -5.09. The molecule has 40 heavy (non-hydrogen) atoms. The fourth-order valence-corrected chi connectivity index (χ4v) is 5.29. The lowest BCUT2D eigenvalue weighted by Gasteiger charge is -2.49. The lowest BCUT2D eigenvalue weighted by atomic mass is 9.81. The number of rotatable bonds is 8. The zero-order valence-electron chi connectivity index (χ0n) is 21.9. The van der Waals surface area contributed by atoms with Crippen LogP contribution >= 0.6 is 0 Å². The SMILES string of the molecule is COC1C(O)C(N)C(OC2OC(C(C)N)CCC2N)C(O)C1N(C)S(=O)(=O)CCN.O=S(=O)(O)O.O=S(=O)(O)O. The van der Waals surface area contributed by atoms with Gasteiger partial charge in [0.2, 0.25) is 10.0 Å². The van der Waals surface area contributed by atoms with Crippen LogP contribution in [0.3, 0.4) is 0 Å². The van der Waals surface area contributed by atoms with Gasteiger partial charge in [-0.15, -0.1) is 0 Å². The molecule has 0 bridgehead atoms. The maximum Gasteiger partial charge on any atom is 0.394 e. The van der Waals surface area contributed by atoms with Crippen molar-refractivity contribution in [2.75, 3.05) is 26.5 Å². The molecule has 10 atom stereocenters. The highest BCUT2D eigenvalue weighted by atomic mass is 32.3. The maximum absolute atomic E-state index is 12.6. The van der Waals surface area contributed by atoms with Gasteiger partial charge in [0.25, 0.3) is 0 Å². The van der Waals surface area contributed by atoms with Gasteiger partial charge >= 0.3 is 20.8 Å². The van der Waals surface area contributed by atoms with Crippen LogP contribution < -0.4 is 22.9 Å². The van der Waals surface area contributed by atoms with Gasteiger partial charge in [0.15, 0.2) is 6.29 Å². The van der Waals surface area contributed by atoms with Crippen molar-refractivity contribution in [3.05, 3.63) is 0 Å². The van der Waals surface area contributed by atoms with Gasteiger partial charge in [-0.1, -0.05) is 0 Å². The van der Waals surface area contributed by atoms with Crippen LogP contribution in [-0.4, -0.2) is 145 Å². The quantitative estimate of drug-likeness (QED) is 0.110. The molecule has 0 spiro atoms. The van der Waals surface area contributed by atoms with Crippen molar-refractivity contribution in [2.45, 2.75) is 80.7 Å². The molecule has 0 amide bonds. The third-order valence-electron chi connectivity index (χ3n) is 5.96. The van der Waals surface area contributed by atoms with E-state index in [1.54, 1.807) is 6.92 Å². The van der Waals surface area contributed by atoms with Crippen LogP contribution in [0.5, 0.6) is 0 Å². The summed E-state index contributed by atoms with van der Waals surface area (Å²) < 4.78 is 106. The molecule has 0 radical (unpaired) electrons. The number of aliphatic hydroxyl groups is 2. The summed E-state index contributed by atoms with van der Waals surface area (Å²) in [4.78, 5) is 0. The van der Waals surface area contributed by atoms with E-state index in [1.807, 2.05) is 0 Å². The predicted molar refractivity (Wildman–Crippen MR) is 138 cm³/mol. The van der Waals surface area contributed by atoms with Crippen LogP contribution in [0.15, 0.2) is 0 Å². The van der Waals surface area contributed by atoms with E-state index < -0.39 is 79.7 Å². The first kappa shape index (κ1) is 39.3. The molecule has 2 fully saturated rings. The summed E-state index contributed by atoms with van der Waals surface area (Å²) in [6, 6.07) is -2.97. The molecule has 0 aromatic rings. The van der Waals surface area contributed by atoms with E-state index in [2.05, 4.69) is 0 Å². The Bertz CT molecular complexity index is 1030. The molecular formula is C17H41N5O15S3. The van der Waals surface area contributed by atoms with Gasteiger partial charge in [-0.3, -0.25) is 18.2 Å². The average Bonchev–Trinajstić information content (AvgIpc) is 2.77. The molecule has 2 rings (SSSR count). The molecule has 1 aliphatic heterocycles. The van der Waals surface area contributed by atoms with E-state index in [9.17, 15) is 18.6 Å². The third-order valence-corrected chi connectivity index (χ3v) is 7.83. The molecule has 14 N–H and O–H groups in total. The summed E-state index contributed by atoms with van der Waals surface area (Å²) in [5.41, 5.74) is 23.6. The molecule has 0 aromatic carbocycles. The molecule has 1 saturated heterocycles. The van der Waals surface area contributed by atoms with Crippen molar-refractivity contribution in [2.24, 2.45) is 22.9 Å².